The van der Waals surface area contributed by atoms with E-state index in [1.807, 2.05) is 0 Å². The molecule has 1 aliphatic carbocycles. The Kier molecular flexibility index (Phi) is 1.54. The minimum absolute atomic E-state index is 0.442. The smallest absolute Gasteiger partial charge is 0.0237 e. The average Bonchev–Trinajstić information content (AvgIpc) is 2.17. The van der Waals surface area contributed by atoms with Crippen molar-refractivity contribution in [1.29, 1.82) is 0 Å². The maximum Gasteiger partial charge on any atom is 0.0237 e. The van der Waals surface area contributed by atoms with Gasteiger partial charge in [0.1, 0.15) is 0 Å². The molecule has 0 aromatic heterocycles. The molecular weight excluding hydrogens is 100 g/mol. The van der Waals surface area contributed by atoms with Gasteiger partial charge in [0.25, 0.3) is 0 Å². The van der Waals surface area contributed by atoms with Gasteiger partial charge in [0.05, 0.1) is 0 Å². The molecule has 0 aromatic carbocycles. The lowest BCUT2D eigenvalue weighted by atomic mass is 10.4. The molecule has 0 aromatic rings. The van der Waals surface area contributed by atoms with Crippen LogP contribution in [0.2, 0.25) is 0 Å². The lowest BCUT2D eigenvalue weighted by Gasteiger charge is -2.04. The van der Waals surface area contributed by atoms with Gasteiger partial charge < -0.3 is 11.1 Å². The molecule has 2 nitrogen and oxygen atoms in total. The van der Waals surface area contributed by atoms with E-state index in [0.29, 0.717) is 18.1 Å². The Morgan fingerprint density at radius 3 is 2.25 bits per heavy atom. The van der Waals surface area contributed by atoms with E-state index in [4.69, 9.17) is 5.73 Å². The van der Waals surface area contributed by atoms with Crippen molar-refractivity contribution < 1.29 is 0 Å². The van der Waals surface area contributed by atoms with Crippen LogP contribution in [0.5, 0.6) is 0 Å². The molecule has 2 heteroatoms. The highest BCUT2D eigenvalue weighted by molar-refractivity contribution is 4.97. The summed E-state index contributed by atoms with van der Waals surface area (Å²) in [5.41, 5.74) is 5.55. The second-order valence-electron chi connectivity index (χ2n) is 2.83. The average molecular weight is 114 g/mol. The minimum Gasteiger partial charge on any atom is -0.326 e. The summed E-state index contributed by atoms with van der Waals surface area (Å²) in [6.45, 7) is 4.29. The van der Waals surface area contributed by atoms with Crippen LogP contribution in [-0.2, 0) is 0 Å². The van der Waals surface area contributed by atoms with Crippen molar-refractivity contribution in [3.63, 3.8) is 0 Å². The number of nitrogens with one attached hydrogen (secondary N) is 1. The van der Waals surface area contributed by atoms with E-state index in [9.17, 15) is 0 Å². The highest BCUT2D eigenvalue weighted by atomic mass is 15.0. The van der Waals surface area contributed by atoms with Gasteiger partial charge in [-0.2, -0.15) is 0 Å². The largest absolute Gasteiger partial charge is 0.326 e. The molecule has 0 heterocycles. The topological polar surface area (TPSA) is 38.0 Å². The molecule has 1 aliphatic rings. The van der Waals surface area contributed by atoms with Crippen molar-refractivity contribution in [2.75, 3.05) is 0 Å². The molecular formula is C6H14N2. The number of hydrogen-bond donors (Lipinski definition) is 2. The van der Waals surface area contributed by atoms with E-state index < -0.39 is 0 Å². The molecule has 1 fully saturated rings. The molecule has 2 atom stereocenters. The predicted molar refractivity (Wildman–Crippen MR) is 34.7 cm³/mol. The third-order valence-electron chi connectivity index (χ3n) is 1.39. The maximum absolute atomic E-state index is 5.55. The Labute approximate surface area is 50.4 Å². The van der Waals surface area contributed by atoms with Gasteiger partial charge in [-0.1, -0.05) is 13.8 Å². The normalized spacial score (nSPS) is 36.0. The van der Waals surface area contributed by atoms with Crippen LogP contribution >= 0.6 is 0 Å². The first-order valence-corrected chi connectivity index (χ1v) is 3.22. The van der Waals surface area contributed by atoms with Crippen LogP contribution in [0.25, 0.3) is 0 Å². The van der Waals surface area contributed by atoms with Gasteiger partial charge in [-0.3, -0.25) is 0 Å². The second kappa shape index (κ2) is 2.03. The Morgan fingerprint density at radius 2 is 2.12 bits per heavy atom. The van der Waals surface area contributed by atoms with Crippen molar-refractivity contribution in [3.05, 3.63) is 0 Å². The molecule has 1 rings (SSSR count). The maximum atomic E-state index is 5.55. The molecule has 0 amide bonds. The summed E-state index contributed by atoms with van der Waals surface area (Å²) in [6.07, 6.45) is 1.16. The summed E-state index contributed by atoms with van der Waals surface area (Å²) in [5.74, 6) is 0. The zero-order chi connectivity index (χ0) is 6.15. The molecule has 0 aliphatic heterocycles. The summed E-state index contributed by atoms with van der Waals surface area (Å²) in [4.78, 5) is 0. The minimum atomic E-state index is 0.442. The van der Waals surface area contributed by atoms with Crippen molar-refractivity contribution in [1.82, 2.24) is 5.32 Å². The first-order valence-electron chi connectivity index (χ1n) is 3.22. The standard InChI is InChI=1S/C6H14N2/c1-4(2)8-6-3-5(6)7/h4-6,8H,3,7H2,1-2H3/t5-,6-/m0/s1. The Bertz CT molecular complexity index is 80.6. The summed E-state index contributed by atoms with van der Waals surface area (Å²) in [7, 11) is 0. The monoisotopic (exact) mass is 114 g/mol. The zero-order valence-corrected chi connectivity index (χ0v) is 5.52. The Morgan fingerprint density at radius 1 is 1.62 bits per heavy atom. The van der Waals surface area contributed by atoms with E-state index in [1.165, 1.54) is 0 Å². The Hall–Kier alpha value is -0.0800. The van der Waals surface area contributed by atoms with Gasteiger partial charge in [-0.15, -0.1) is 0 Å². The summed E-state index contributed by atoms with van der Waals surface area (Å²) < 4.78 is 0. The first-order chi connectivity index (χ1) is 3.70. The van der Waals surface area contributed by atoms with Gasteiger partial charge in [-0.05, 0) is 6.42 Å². The van der Waals surface area contributed by atoms with E-state index in [2.05, 4.69) is 19.2 Å². The lowest BCUT2D eigenvalue weighted by molar-refractivity contribution is 0.575. The molecule has 0 spiro atoms. The van der Waals surface area contributed by atoms with Gasteiger partial charge in [0, 0.05) is 18.1 Å². The fraction of sp³-hybridized carbons (Fsp3) is 1.00. The summed E-state index contributed by atoms with van der Waals surface area (Å²) >= 11 is 0. The van der Waals surface area contributed by atoms with Gasteiger partial charge in [0.2, 0.25) is 0 Å². The number of nitrogens with two attached hydrogens (primary N) is 1. The molecule has 3 N–H and O–H groups in total. The van der Waals surface area contributed by atoms with Crippen molar-refractivity contribution >= 4 is 0 Å². The predicted octanol–water partition coefficient (Wildman–Crippen LogP) is 0.0840. The summed E-state index contributed by atoms with van der Waals surface area (Å²) in [5, 5.41) is 3.34. The molecule has 48 valence electrons. The van der Waals surface area contributed by atoms with Gasteiger partial charge in [0.15, 0.2) is 0 Å². The summed E-state index contributed by atoms with van der Waals surface area (Å²) in [6, 6.07) is 1.65. The number of rotatable bonds is 2. The van der Waals surface area contributed by atoms with Crippen molar-refractivity contribution in [2.24, 2.45) is 5.73 Å². The van der Waals surface area contributed by atoms with Crippen LogP contribution in [-0.4, -0.2) is 18.1 Å². The fourth-order valence-corrected chi connectivity index (χ4v) is 0.834. The fourth-order valence-electron chi connectivity index (χ4n) is 0.834. The van der Waals surface area contributed by atoms with Crippen molar-refractivity contribution in [3.8, 4) is 0 Å². The van der Waals surface area contributed by atoms with Crippen LogP contribution in [0, 0.1) is 0 Å². The highest BCUT2D eigenvalue weighted by Crippen LogP contribution is 2.17. The van der Waals surface area contributed by atoms with Gasteiger partial charge >= 0.3 is 0 Å². The van der Waals surface area contributed by atoms with Crippen LogP contribution in [0.3, 0.4) is 0 Å². The highest BCUT2D eigenvalue weighted by Gasteiger charge is 2.32. The number of hydrogen-bond acceptors (Lipinski definition) is 2. The SMILES string of the molecule is CC(C)N[C@H]1C[C@@H]1N. The quantitative estimate of drug-likeness (QED) is 0.533. The molecule has 0 saturated heterocycles. The van der Waals surface area contributed by atoms with E-state index in [1.54, 1.807) is 0 Å². The first kappa shape index (κ1) is 6.05. The third-order valence-corrected chi connectivity index (χ3v) is 1.39. The van der Waals surface area contributed by atoms with E-state index >= 15 is 0 Å². The van der Waals surface area contributed by atoms with E-state index in [-0.39, 0.29) is 0 Å². The van der Waals surface area contributed by atoms with Crippen LogP contribution in [0.4, 0.5) is 0 Å². The van der Waals surface area contributed by atoms with Crippen molar-refractivity contribution in [2.45, 2.75) is 38.4 Å². The molecule has 0 bridgehead atoms. The Balaban J connectivity index is 2.05. The van der Waals surface area contributed by atoms with Crippen LogP contribution in [0.1, 0.15) is 20.3 Å². The third kappa shape index (κ3) is 1.46. The molecule has 0 radical (unpaired) electrons. The second-order valence-corrected chi connectivity index (χ2v) is 2.83. The van der Waals surface area contributed by atoms with Crippen LogP contribution < -0.4 is 11.1 Å². The molecule has 0 unspecified atom stereocenters. The van der Waals surface area contributed by atoms with Crippen LogP contribution in [0.15, 0.2) is 0 Å². The van der Waals surface area contributed by atoms with Gasteiger partial charge in [-0.25, -0.2) is 0 Å². The molecule has 8 heavy (non-hydrogen) atoms. The lowest BCUT2D eigenvalue weighted by Crippen LogP contribution is -2.29. The zero-order valence-electron chi connectivity index (χ0n) is 5.52. The molecule has 1 saturated carbocycles. The van der Waals surface area contributed by atoms with E-state index in [0.717, 1.165) is 6.42 Å².